The molecule has 0 saturated heterocycles. The highest BCUT2D eigenvalue weighted by molar-refractivity contribution is 6.30. The maximum absolute atomic E-state index is 14.3. The van der Waals surface area contributed by atoms with Crippen LogP contribution in [-0.4, -0.2) is 16.9 Å². The number of rotatable bonds is 5. The van der Waals surface area contributed by atoms with Crippen LogP contribution in [0.5, 0.6) is 0 Å². The summed E-state index contributed by atoms with van der Waals surface area (Å²) in [7, 11) is 0. The van der Waals surface area contributed by atoms with Crippen LogP contribution < -0.4 is 0 Å². The first-order chi connectivity index (χ1) is 13.6. The molecule has 30 heavy (non-hydrogen) atoms. The van der Waals surface area contributed by atoms with E-state index in [0.29, 0.717) is 0 Å². The van der Waals surface area contributed by atoms with Crippen LogP contribution in [-0.2, 0) is 18.0 Å². The Kier molecular flexibility index (Phi) is 6.45. The largest absolute Gasteiger partial charge is 0.417 e. The monoisotopic (exact) mass is 453 g/mol. The van der Waals surface area contributed by atoms with Gasteiger partial charge in [-0.2, -0.15) is 31.6 Å². The van der Waals surface area contributed by atoms with Gasteiger partial charge in [-0.25, -0.2) is 4.39 Å². The molecule has 0 aliphatic carbocycles. The van der Waals surface area contributed by atoms with Crippen molar-refractivity contribution >= 4 is 11.6 Å². The van der Waals surface area contributed by atoms with Crippen molar-refractivity contribution in [1.82, 2.24) is 0 Å². The maximum Gasteiger partial charge on any atom is 0.417 e. The van der Waals surface area contributed by atoms with Gasteiger partial charge in [-0.15, -0.1) is 0 Å². The molecular formula is C20H15ClF7NO. The lowest BCUT2D eigenvalue weighted by Crippen LogP contribution is -2.51. The number of halogens is 8. The Morgan fingerprint density at radius 1 is 1.00 bits per heavy atom. The number of benzene rings is 2. The number of nitriles is 1. The van der Waals surface area contributed by atoms with Gasteiger partial charge in [-0.1, -0.05) is 41.9 Å². The zero-order valence-corrected chi connectivity index (χ0v) is 16.1. The molecule has 0 heterocycles. The predicted molar refractivity (Wildman–Crippen MR) is 95.1 cm³/mol. The topological polar surface area (TPSA) is 44.0 Å². The molecule has 2 atom stereocenters. The molecule has 0 bridgehead atoms. The Bertz CT molecular complexity index is 953. The summed E-state index contributed by atoms with van der Waals surface area (Å²) >= 11 is 5.43. The Labute approximate surface area is 172 Å². The van der Waals surface area contributed by atoms with Crippen molar-refractivity contribution in [3.8, 4) is 6.07 Å². The molecule has 0 amide bonds. The van der Waals surface area contributed by atoms with E-state index in [1.54, 1.807) is 12.1 Å². The van der Waals surface area contributed by atoms with Gasteiger partial charge in [-0.05, 0) is 30.2 Å². The third kappa shape index (κ3) is 4.87. The zero-order chi connectivity index (χ0) is 23.0. The van der Waals surface area contributed by atoms with Crippen LogP contribution in [0.15, 0.2) is 42.5 Å². The van der Waals surface area contributed by atoms with Gasteiger partial charge in [-0.3, -0.25) is 0 Å². The van der Waals surface area contributed by atoms with Crippen LogP contribution in [0.1, 0.15) is 30.0 Å². The van der Waals surface area contributed by atoms with Crippen molar-refractivity contribution in [2.24, 2.45) is 0 Å². The Balaban J connectivity index is 2.57. The average Bonchev–Trinajstić information content (AvgIpc) is 2.64. The van der Waals surface area contributed by atoms with Crippen LogP contribution in [0, 0.1) is 17.1 Å². The summed E-state index contributed by atoms with van der Waals surface area (Å²) in [4.78, 5) is 0. The van der Waals surface area contributed by atoms with Gasteiger partial charge in [0, 0.05) is 12.8 Å². The van der Waals surface area contributed by atoms with E-state index in [4.69, 9.17) is 11.6 Å². The van der Waals surface area contributed by atoms with Gasteiger partial charge in [0.05, 0.1) is 22.1 Å². The minimum atomic E-state index is -5.38. The quantitative estimate of drug-likeness (QED) is 0.547. The van der Waals surface area contributed by atoms with E-state index in [2.05, 4.69) is 0 Å². The van der Waals surface area contributed by atoms with E-state index < -0.39 is 58.2 Å². The minimum absolute atomic E-state index is 0.151. The number of hydrogen-bond donors (Lipinski definition) is 1. The number of aliphatic hydroxyl groups is 1. The molecule has 0 aliphatic heterocycles. The fourth-order valence-corrected chi connectivity index (χ4v) is 3.35. The van der Waals surface area contributed by atoms with Crippen molar-refractivity contribution in [2.45, 2.75) is 43.1 Å². The molecule has 0 spiro atoms. The van der Waals surface area contributed by atoms with E-state index in [1.807, 2.05) is 0 Å². The molecule has 2 nitrogen and oxygen atoms in total. The Morgan fingerprint density at radius 2 is 1.57 bits per heavy atom. The van der Waals surface area contributed by atoms with Gasteiger partial charge in [0.15, 0.2) is 5.60 Å². The summed E-state index contributed by atoms with van der Waals surface area (Å²) in [5.41, 5.74) is -7.95. The molecule has 0 radical (unpaired) electrons. The fraction of sp³-hybridized carbons (Fsp3) is 0.350. The number of nitrogens with zero attached hydrogens (tertiary/aromatic N) is 1. The van der Waals surface area contributed by atoms with Gasteiger partial charge in [0.25, 0.3) is 0 Å². The first-order valence-corrected chi connectivity index (χ1v) is 8.82. The van der Waals surface area contributed by atoms with Crippen molar-refractivity contribution in [3.05, 3.63) is 70.0 Å². The molecule has 10 heteroatoms. The van der Waals surface area contributed by atoms with Crippen LogP contribution in [0.2, 0.25) is 5.02 Å². The lowest BCUT2D eigenvalue weighted by atomic mass is 9.72. The van der Waals surface area contributed by atoms with Crippen molar-refractivity contribution in [1.29, 1.82) is 5.26 Å². The van der Waals surface area contributed by atoms with Crippen molar-refractivity contribution in [3.63, 3.8) is 0 Å². The summed E-state index contributed by atoms with van der Waals surface area (Å²) in [5, 5.41) is 19.0. The number of hydrogen-bond acceptors (Lipinski definition) is 2. The first-order valence-electron chi connectivity index (χ1n) is 8.44. The maximum atomic E-state index is 14.3. The highest BCUT2D eigenvalue weighted by atomic mass is 35.5. The second-order valence-corrected chi connectivity index (χ2v) is 7.53. The molecule has 0 aliphatic rings. The molecule has 2 aromatic rings. The summed E-state index contributed by atoms with van der Waals surface area (Å²) < 4.78 is 94.6. The molecule has 2 rings (SSSR count). The van der Waals surface area contributed by atoms with Crippen LogP contribution in [0.3, 0.4) is 0 Å². The lowest BCUT2D eigenvalue weighted by Gasteiger charge is -2.36. The molecule has 0 aromatic heterocycles. The van der Waals surface area contributed by atoms with Crippen LogP contribution in [0.25, 0.3) is 0 Å². The second kappa shape index (κ2) is 8.08. The molecule has 1 N–H and O–H groups in total. The molecule has 2 aromatic carbocycles. The Hall–Kier alpha value is -2.31. The molecule has 0 saturated carbocycles. The minimum Gasteiger partial charge on any atom is -0.380 e. The molecule has 162 valence electrons. The first kappa shape index (κ1) is 24.0. The molecule has 2 unspecified atom stereocenters. The SMILES string of the molecule is CC(C#N)(CC(O)(Cc1cc(C(F)(F)F)cc(Cl)c1F)C(F)(F)F)c1ccccc1. The van der Waals surface area contributed by atoms with E-state index in [9.17, 15) is 41.1 Å². The smallest absolute Gasteiger partial charge is 0.380 e. The molecule has 0 fully saturated rings. The predicted octanol–water partition coefficient (Wildman–Crippen LogP) is 6.21. The van der Waals surface area contributed by atoms with Crippen molar-refractivity contribution < 1.29 is 35.8 Å². The highest BCUT2D eigenvalue weighted by Gasteiger charge is 2.57. The van der Waals surface area contributed by atoms with E-state index in [1.165, 1.54) is 24.3 Å². The Morgan fingerprint density at radius 3 is 2.03 bits per heavy atom. The van der Waals surface area contributed by atoms with Crippen molar-refractivity contribution in [2.75, 3.05) is 0 Å². The van der Waals surface area contributed by atoms with Gasteiger partial charge in [0.1, 0.15) is 5.82 Å². The lowest BCUT2D eigenvalue weighted by molar-refractivity contribution is -0.265. The normalized spacial score (nSPS) is 16.4. The van der Waals surface area contributed by atoms with E-state index in [-0.39, 0.29) is 17.7 Å². The van der Waals surface area contributed by atoms with E-state index >= 15 is 0 Å². The summed E-state index contributed by atoms with van der Waals surface area (Å²) in [5.74, 6) is -1.51. The van der Waals surface area contributed by atoms with Crippen LogP contribution in [0.4, 0.5) is 30.7 Å². The summed E-state index contributed by atoms with van der Waals surface area (Å²) in [6.45, 7) is 1.15. The van der Waals surface area contributed by atoms with Crippen LogP contribution >= 0.6 is 11.6 Å². The average molecular weight is 454 g/mol. The number of alkyl halides is 6. The van der Waals surface area contributed by atoms with Gasteiger partial charge >= 0.3 is 12.4 Å². The highest BCUT2D eigenvalue weighted by Crippen LogP contribution is 2.44. The standard InChI is InChI=1S/C20H15ClF7NO/c1-17(11-29,13-5-3-2-4-6-13)10-18(30,20(26,27)28)9-12-7-14(19(23,24)25)8-15(21)16(12)22/h2-8,30H,9-10H2,1H3. The summed E-state index contributed by atoms with van der Waals surface area (Å²) in [6, 6.07) is 9.40. The summed E-state index contributed by atoms with van der Waals surface area (Å²) in [6.07, 6.45) is -13.2. The third-order valence-corrected chi connectivity index (χ3v) is 5.02. The van der Waals surface area contributed by atoms with E-state index in [0.717, 1.165) is 6.92 Å². The van der Waals surface area contributed by atoms with Gasteiger partial charge in [0.2, 0.25) is 0 Å². The third-order valence-electron chi connectivity index (χ3n) is 4.75. The second-order valence-electron chi connectivity index (χ2n) is 7.12. The fourth-order valence-electron chi connectivity index (χ4n) is 3.11. The van der Waals surface area contributed by atoms with Gasteiger partial charge < -0.3 is 5.11 Å². The zero-order valence-electron chi connectivity index (χ0n) is 15.4. The molecular weight excluding hydrogens is 439 g/mol.